The van der Waals surface area contributed by atoms with E-state index in [2.05, 4.69) is 5.32 Å². The Morgan fingerprint density at radius 3 is 2.21 bits per heavy atom. The molecule has 0 saturated carbocycles. The van der Waals surface area contributed by atoms with Gasteiger partial charge in [-0.3, -0.25) is 9.59 Å². The quantitative estimate of drug-likeness (QED) is 0.518. The van der Waals surface area contributed by atoms with Crippen LogP contribution in [0.1, 0.15) is 25.8 Å². The number of rotatable bonds is 11. The molecule has 11 heteroatoms. The average molecular weight is 497 g/mol. The largest absolute Gasteiger partial charge is 0.354 e. The van der Waals surface area contributed by atoms with E-state index in [1.54, 1.807) is 6.07 Å². The maximum atomic E-state index is 14.4. The lowest BCUT2D eigenvalue weighted by atomic mass is 10.1. The lowest BCUT2D eigenvalue weighted by Gasteiger charge is -2.32. The molecule has 0 aromatic heterocycles. The van der Waals surface area contributed by atoms with E-state index in [4.69, 9.17) is 0 Å². The lowest BCUT2D eigenvalue weighted by Crippen LogP contribution is -2.52. The molecule has 0 unspecified atom stereocenters. The molecule has 0 radical (unpaired) electrons. The Morgan fingerprint density at radius 1 is 1.03 bits per heavy atom. The number of nitrogens with zero attached hydrogens (tertiary/aromatic N) is 3. The van der Waals surface area contributed by atoms with Gasteiger partial charge in [0.1, 0.15) is 24.2 Å². The van der Waals surface area contributed by atoms with Gasteiger partial charge in [-0.2, -0.15) is 12.7 Å². The highest BCUT2D eigenvalue weighted by Gasteiger charge is 2.32. The summed E-state index contributed by atoms with van der Waals surface area (Å²) in [5.74, 6) is -2.30. The molecule has 2 amide bonds. The van der Waals surface area contributed by atoms with Gasteiger partial charge in [0.25, 0.3) is 0 Å². The molecule has 0 aliphatic rings. The second-order valence-electron chi connectivity index (χ2n) is 7.85. The van der Waals surface area contributed by atoms with Gasteiger partial charge < -0.3 is 10.2 Å². The van der Waals surface area contributed by atoms with Crippen LogP contribution in [0, 0.1) is 11.6 Å². The van der Waals surface area contributed by atoms with Crippen LogP contribution >= 0.6 is 0 Å². The summed E-state index contributed by atoms with van der Waals surface area (Å²) in [6.45, 7) is 2.84. The Hall–Kier alpha value is -3.05. The number of halogens is 2. The van der Waals surface area contributed by atoms with Crippen molar-refractivity contribution in [2.75, 3.05) is 31.5 Å². The highest BCUT2D eigenvalue weighted by atomic mass is 32.2. The number of anilines is 1. The second kappa shape index (κ2) is 11.9. The first-order valence-electron chi connectivity index (χ1n) is 10.7. The summed E-state index contributed by atoms with van der Waals surface area (Å²) in [4.78, 5) is 27.2. The van der Waals surface area contributed by atoms with Crippen LogP contribution < -0.4 is 9.62 Å². The zero-order chi connectivity index (χ0) is 25.5. The van der Waals surface area contributed by atoms with Crippen LogP contribution in [0.25, 0.3) is 0 Å². The fraction of sp³-hybridized carbons (Fsp3) is 0.391. The monoisotopic (exact) mass is 496 g/mol. The smallest absolute Gasteiger partial charge is 0.304 e. The first-order valence-corrected chi connectivity index (χ1v) is 12.1. The van der Waals surface area contributed by atoms with E-state index in [1.807, 2.05) is 6.92 Å². The van der Waals surface area contributed by atoms with Crippen LogP contribution in [-0.2, 0) is 26.3 Å². The minimum absolute atomic E-state index is 0.0670. The number of amides is 2. The van der Waals surface area contributed by atoms with E-state index in [-0.39, 0.29) is 17.8 Å². The Balaban J connectivity index is 2.44. The summed E-state index contributed by atoms with van der Waals surface area (Å²) in [6, 6.07) is 9.46. The van der Waals surface area contributed by atoms with E-state index < -0.39 is 46.2 Å². The number of carbonyl (C=O) groups excluding carboxylic acids is 2. The van der Waals surface area contributed by atoms with Crippen LogP contribution in [0.15, 0.2) is 48.5 Å². The third kappa shape index (κ3) is 6.73. The molecule has 1 atom stereocenters. The van der Waals surface area contributed by atoms with Crippen molar-refractivity contribution in [3.8, 4) is 0 Å². The molecule has 2 aromatic carbocycles. The van der Waals surface area contributed by atoms with Gasteiger partial charge in [-0.25, -0.2) is 13.1 Å². The summed E-state index contributed by atoms with van der Waals surface area (Å²) in [7, 11) is -1.55. The molecule has 0 bridgehead atoms. The van der Waals surface area contributed by atoms with Crippen molar-refractivity contribution in [2.24, 2.45) is 0 Å². The number of carbonyl (C=O) groups is 2. The third-order valence-corrected chi connectivity index (χ3v) is 6.97. The SMILES string of the molecule is CCCNC(=O)[C@@H](C)N(Cc1ccccc1F)C(=O)CN(c1ccc(F)cc1)S(=O)(=O)N(C)C. The highest BCUT2D eigenvalue weighted by Crippen LogP contribution is 2.21. The standard InChI is InChI=1S/C23H30F2N4O4S/c1-5-14-26-23(31)17(2)28(15-18-8-6-7-9-21(18)25)22(30)16-29(34(32,33)27(3)4)20-12-10-19(24)11-13-20/h6-13,17H,5,14-16H2,1-4H3,(H,26,31)/t17-/m1/s1. The molecule has 8 nitrogen and oxygen atoms in total. The fourth-order valence-corrected chi connectivity index (χ4v) is 4.17. The lowest BCUT2D eigenvalue weighted by molar-refractivity contribution is -0.139. The fourth-order valence-electron chi connectivity index (χ4n) is 3.11. The van der Waals surface area contributed by atoms with Crippen LogP contribution in [0.5, 0.6) is 0 Å². The summed E-state index contributed by atoms with van der Waals surface area (Å²) in [5.41, 5.74) is 0.243. The van der Waals surface area contributed by atoms with E-state index in [1.165, 1.54) is 51.4 Å². The van der Waals surface area contributed by atoms with Crippen molar-refractivity contribution in [3.63, 3.8) is 0 Å². The van der Waals surface area contributed by atoms with Crippen molar-refractivity contribution in [1.82, 2.24) is 14.5 Å². The number of hydrogen-bond acceptors (Lipinski definition) is 4. The Bertz CT molecular complexity index is 1090. The van der Waals surface area contributed by atoms with Crippen LogP contribution in [0.2, 0.25) is 0 Å². The Morgan fingerprint density at radius 2 is 1.65 bits per heavy atom. The first kappa shape index (κ1) is 27.2. The molecule has 0 fully saturated rings. The van der Waals surface area contributed by atoms with Gasteiger partial charge in [-0.15, -0.1) is 0 Å². The molecule has 186 valence electrons. The minimum atomic E-state index is -4.15. The van der Waals surface area contributed by atoms with Crippen LogP contribution in [0.4, 0.5) is 14.5 Å². The Labute approximate surface area is 199 Å². The number of hydrogen-bond donors (Lipinski definition) is 1. The summed E-state index contributed by atoms with van der Waals surface area (Å²) in [6.07, 6.45) is 0.680. The minimum Gasteiger partial charge on any atom is -0.354 e. The molecule has 1 N–H and O–H groups in total. The van der Waals surface area contributed by atoms with E-state index in [9.17, 15) is 26.8 Å². The molecule has 0 aliphatic heterocycles. The summed E-state index contributed by atoms with van der Waals surface area (Å²) >= 11 is 0. The molecule has 2 rings (SSSR count). The number of nitrogens with one attached hydrogen (secondary N) is 1. The van der Waals surface area contributed by atoms with E-state index in [0.717, 1.165) is 25.6 Å². The van der Waals surface area contributed by atoms with Gasteiger partial charge in [-0.1, -0.05) is 25.1 Å². The van der Waals surface area contributed by atoms with Crippen molar-refractivity contribution in [2.45, 2.75) is 32.9 Å². The summed E-state index contributed by atoms with van der Waals surface area (Å²) < 4.78 is 55.5. The first-order chi connectivity index (χ1) is 16.0. The molecule has 0 saturated heterocycles. The van der Waals surface area contributed by atoms with Gasteiger partial charge in [0.2, 0.25) is 11.8 Å². The average Bonchev–Trinajstić information content (AvgIpc) is 2.80. The van der Waals surface area contributed by atoms with Gasteiger partial charge in [-0.05, 0) is 43.7 Å². The molecule has 34 heavy (non-hydrogen) atoms. The van der Waals surface area contributed by atoms with Gasteiger partial charge in [0.05, 0.1) is 5.69 Å². The predicted molar refractivity (Wildman–Crippen MR) is 126 cm³/mol. The maximum absolute atomic E-state index is 14.4. The van der Waals surface area contributed by atoms with Crippen LogP contribution in [0.3, 0.4) is 0 Å². The zero-order valence-corrected chi connectivity index (χ0v) is 20.5. The van der Waals surface area contributed by atoms with E-state index in [0.29, 0.717) is 13.0 Å². The maximum Gasteiger partial charge on any atom is 0.304 e. The Kier molecular flexibility index (Phi) is 9.51. The normalized spacial score (nSPS) is 12.3. The predicted octanol–water partition coefficient (Wildman–Crippen LogP) is 2.52. The second-order valence-corrected chi connectivity index (χ2v) is 9.92. The zero-order valence-electron chi connectivity index (χ0n) is 19.7. The molecule has 0 spiro atoms. The molecule has 0 aliphatic carbocycles. The highest BCUT2D eigenvalue weighted by molar-refractivity contribution is 7.90. The van der Waals surface area contributed by atoms with Crippen molar-refractivity contribution >= 4 is 27.7 Å². The molecule has 0 heterocycles. The van der Waals surface area contributed by atoms with Gasteiger partial charge in [0.15, 0.2) is 0 Å². The van der Waals surface area contributed by atoms with Crippen molar-refractivity contribution in [1.29, 1.82) is 0 Å². The topological polar surface area (TPSA) is 90.0 Å². The number of benzene rings is 2. The van der Waals surface area contributed by atoms with E-state index >= 15 is 0 Å². The van der Waals surface area contributed by atoms with Gasteiger partial charge >= 0.3 is 10.2 Å². The van der Waals surface area contributed by atoms with Crippen molar-refractivity contribution < 1.29 is 26.8 Å². The summed E-state index contributed by atoms with van der Waals surface area (Å²) in [5, 5.41) is 2.70. The van der Waals surface area contributed by atoms with Gasteiger partial charge in [0, 0.05) is 32.7 Å². The molecule has 2 aromatic rings. The molecular weight excluding hydrogens is 466 g/mol. The van der Waals surface area contributed by atoms with Crippen LogP contribution in [-0.4, -0.2) is 62.7 Å². The third-order valence-electron chi connectivity index (χ3n) is 5.15. The molecular formula is C23H30F2N4O4S. The van der Waals surface area contributed by atoms with Crippen molar-refractivity contribution in [3.05, 3.63) is 65.7 Å².